The number of piperidine rings is 1. The molecule has 3 rings (SSSR count). The standard InChI is InChI=1S/C14H19FN2O2S.ClH/c15-11-3-1-2-10(6-11)9-20(18,19)17-14-7-12-4-5-13(8-14)16-12;/h1-3,6,12-14,16-17H,4-5,7-9H2;1H. The molecule has 0 amide bonds. The lowest BCUT2D eigenvalue weighted by Crippen LogP contribution is -2.48. The lowest BCUT2D eigenvalue weighted by molar-refractivity contribution is 0.345. The van der Waals surface area contributed by atoms with Crippen LogP contribution in [-0.4, -0.2) is 26.5 Å². The lowest BCUT2D eigenvalue weighted by Gasteiger charge is -2.29. The number of hydrogen-bond acceptors (Lipinski definition) is 3. The molecule has 2 saturated heterocycles. The maximum absolute atomic E-state index is 13.1. The van der Waals surface area contributed by atoms with Crippen LogP contribution in [0.25, 0.3) is 0 Å². The van der Waals surface area contributed by atoms with Gasteiger partial charge in [-0.15, -0.1) is 12.4 Å². The first-order chi connectivity index (χ1) is 9.50. The number of nitrogens with one attached hydrogen (secondary N) is 2. The summed E-state index contributed by atoms with van der Waals surface area (Å²) in [6.45, 7) is 0. The molecule has 2 N–H and O–H groups in total. The molecule has 1 aromatic carbocycles. The summed E-state index contributed by atoms with van der Waals surface area (Å²) in [7, 11) is -3.41. The Bertz CT molecular complexity index is 584. The van der Waals surface area contributed by atoms with E-state index in [0.29, 0.717) is 17.6 Å². The molecule has 2 atom stereocenters. The molecule has 0 radical (unpaired) electrons. The van der Waals surface area contributed by atoms with Gasteiger partial charge >= 0.3 is 0 Å². The summed E-state index contributed by atoms with van der Waals surface area (Å²) in [4.78, 5) is 0. The Morgan fingerprint density at radius 2 is 1.90 bits per heavy atom. The number of sulfonamides is 1. The molecule has 7 heteroatoms. The fourth-order valence-electron chi connectivity index (χ4n) is 3.30. The molecule has 2 bridgehead atoms. The number of halogens is 2. The number of hydrogen-bond donors (Lipinski definition) is 2. The van der Waals surface area contributed by atoms with Crippen LogP contribution in [0.4, 0.5) is 4.39 Å². The molecule has 2 aliphatic heterocycles. The maximum Gasteiger partial charge on any atom is 0.216 e. The Morgan fingerprint density at radius 1 is 1.24 bits per heavy atom. The Kier molecular flexibility index (Phi) is 5.24. The molecule has 21 heavy (non-hydrogen) atoms. The van der Waals surface area contributed by atoms with Crippen molar-refractivity contribution in [1.29, 1.82) is 0 Å². The van der Waals surface area contributed by atoms with Crippen molar-refractivity contribution in [3.8, 4) is 0 Å². The van der Waals surface area contributed by atoms with Crippen LogP contribution in [0.15, 0.2) is 24.3 Å². The molecule has 2 fully saturated rings. The van der Waals surface area contributed by atoms with E-state index in [1.807, 2.05) is 0 Å². The van der Waals surface area contributed by atoms with E-state index in [1.54, 1.807) is 6.07 Å². The van der Waals surface area contributed by atoms with Gasteiger partial charge < -0.3 is 5.32 Å². The monoisotopic (exact) mass is 334 g/mol. The molecule has 2 unspecified atom stereocenters. The highest BCUT2D eigenvalue weighted by atomic mass is 35.5. The smallest absolute Gasteiger partial charge is 0.216 e. The van der Waals surface area contributed by atoms with Crippen LogP contribution in [0.5, 0.6) is 0 Å². The van der Waals surface area contributed by atoms with Gasteiger partial charge in [-0.25, -0.2) is 17.5 Å². The average Bonchev–Trinajstić information content (AvgIpc) is 2.67. The zero-order valence-electron chi connectivity index (χ0n) is 11.6. The average molecular weight is 335 g/mol. The van der Waals surface area contributed by atoms with Gasteiger partial charge in [-0.3, -0.25) is 0 Å². The molecule has 0 spiro atoms. The second kappa shape index (κ2) is 6.60. The Hall–Kier alpha value is -0.690. The zero-order valence-corrected chi connectivity index (χ0v) is 13.2. The summed E-state index contributed by atoms with van der Waals surface area (Å²) in [6.07, 6.45) is 3.96. The third-order valence-corrected chi connectivity index (χ3v) is 5.47. The van der Waals surface area contributed by atoms with Crippen LogP contribution in [0.1, 0.15) is 31.2 Å². The minimum Gasteiger partial charge on any atom is -0.311 e. The first-order valence-electron chi connectivity index (χ1n) is 7.01. The Morgan fingerprint density at radius 3 is 2.52 bits per heavy atom. The van der Waals surface area contributed by atoms with Crippen molar-refractivity contribution in [2.45, 2.75) is 49.6 Å². The van der Waals surface area contributed by atoms with Crippen molar-refractivity contribution in [2.24, 2.45) is 0 Å². The summed E-state index contributed by atoms with van der Waals surface area (Å²) < 4.78 is 40.2. The molecule has 4 nitrogen and oxygen atoms in total. The van der Waals surface area contributed by atoms with Crippen LogP contribution in [-0.2, 0) is 15.8 Å². The second-order valence-corrected chi connectivity index (χ2v) is 7.57. The molecule has 0 aliphatic carbocycles. The minimum atomic E-state index is -3.41. The maximum atomic E-state index is 13.1. The van der Waals surface area contributed by atoms with Gasteiger partial charge in [0, 0.05) is 18.1 Å². The van der Waals surface area contributed by atoms with E-state index in [2.05, 4.69) is 10.0 Å². The largest absolute Gasteiger partial charge is 0.311 e. The Balaban J connectivity index is 0.00000161. The van der Waals surface area contributed by atoms with Gasteiger partial charge in [-0.05, 0) is 43.4 Å². The topological polar surface area (TPSA) is 58.2 Å². The van der Waals surface area contributed by atoms with Gasteiger partial charge in [0.1, 0.15) is 5.82 Å². The number of benzene rings is 1. The highest BCUT2D eigenvalue weighted by molar-refractivity contribution is 7.88. The third kappa shape index (κ3) is 4.39. The van der Waals surface area contributed by atoms with Gasteiger partial charge in [0.2, 0.25) is 10.0 Å². The van der Waals surface area contributed by atoms with Crippen LogP contribution < -0.4 is 10.0 Å². The van der Waals surface area contributed by atoms with Crippen molar-refractivity contribution >= 4 is 22.4 Å². The summed E-state index contributed by atoms with van der Waals surface area (Å²) in [5.74, 6) is -0.568. The first kappa shape index (κ1) is 16.7. The quantitative estimate of drug-likeness (QED) is 0.885. The fraction of sp³-hybridized carbons (Fsp3) is 0.571. The van der Waals surface area contributed by atoms with Crippen molar-refractivity contribution in [3.63, 3.8) is 0 Å². The SMILES string of the molecule is Cl.O=S(=O)(Cc1cccc(F)c1)NC1CC2CCC(C1)N2. The second-order valence-electron chi connectivity index (χ2n) is 5.81. The van der Waals surface area contributed by atoms with Crippen molar-refractivity contribution in [2.75, 3.05) is 0 Å². The third-order valence-electron chi connectivity index (χ3n) is 4.07. The van der Waals surface area contributed by atoms with E-state index in [4.69, 9.17) is 0 Å². The van der Waals surface area contributed by atoms with Crippen molar-refractivity contribution < 1.29 is 12.8 Å². The van der Waals surface area contributed by atoms with Crippen LogP contribution in [0.2, 0.25) is 0 Å². The van der Waals surface area contributed by atoms with Crippen molar-refractivity contribution in [1.82, 2.24) is 10.0 Å². The predicted octanol–water partition coefficient (Wildman–Crippen LogP) is 1.95. The predicted molar refractivity (Wildman–Crippen MR) is 82.4 cm³/mol. The summed E-state index contributed by atoms with van der Waals surface area (Å²) >= 11 is 0. The molecule has 118 valence electrons. The lowest BCUT2D eigenvalue weighted by atomic mass is 10.0. The van der Waals surface area contributed by atoms with Gasteiger partial charge in [0.05, 0.1) is 5.75 Å². The van der Waals surface area contributed by atoms with Gasteiger partial charge in [-0.1, -0.05) is 12.1 Å². The molecule has 2 heterocycles. The number of fused-ring (bicyclic) bond motifs is 2. The van der Waals surface area contributed by atoms with Gasteiger partial charge in [0.25, 0.3) is 0 Å². The fourth-order valence-corrected chi connectivity index (χ4v) is 4.70. The molecular formula is C14H20ClFN2O2S. The zero-order chi connectivity index (χ0) is 14.2. The molecule has 0 aromatic heterocycles. The van der Waals surface area contributed by atoms with E-state index >= 15 is 0 Å². The highest BCUT2D eigenvalue weighted by Crippen LogP contribution is 2.27. The summed E-state index contributed by atoms with van der Waals surface area (Å²) in [6, 6.07) is 6.64. The van der Waals surface area contributed by atoms with Gasteiger partial charge in [0.15, 0.2) is 0 Å². The van der Waals surface area contributed by atoms with E-state index in [9.17, 15) is 12.8 Å². The summed E-state index contributed by atoms with van der Waals surface area (Å²) in [5.41, 5.74) is 0.481. The van der Waals surface area contributed by atoms with Crippen LogP contribution in [0, 0.1) is 5.82 Å². The van der Waals surface area contributed by atoms with E-state index < -0.39 is 15.8 Å². The van der Waals surface area contributed by atoms with Crippen LogP contribution >= 0.6 is 12.4 Å². The molecule has 2 aliphatic rings. The number of rotatable bonds is 4. The summed E-state index contributed by atoms with van der Waals surface area (Å²) in [5, 5.41) is 3.48. The van der Waals surface area contributed by atoms with Crippen LogP contribution in [0.3, 0.4) is 0 Å². The van der Waals surface area contributed by atoms with E-state index in [-0.39, 0.29) is 24.2 Å². The molecular weight excluding hydrogens is 315 g/mol. The highest BCUT2D eigenvalue weighted by Gasteiger charge is 2.34. The molecule has 0 saturated carbocycles. The normalized spacial score (nSPS) is 28.1. The van der Waals surface area contributed by atoms with Gasteiger partial charge in [-0.2, -0.15) is 0 Å². The minimum absolute atomic E-state index is 0. The first-order valence-corrected chi connectivity index (χ1v) is 8.66. The Labute approximate surface area is 131 Å². The van der Waals surface area contributed by atoms with E-state index in [1.165, 1.54) is 18.2 Å². The van der Waals surface area contributed by atoms with E-state index in [0.717, 1.165) is 25.7 Å². The molecule has 1 aromatic rings. The van der Waals surface area contributed by atoms with Crippen molar-refractivity contribution in [3.05, 3.63) is 35.6 Å².